The summed E-state index contributed by atoms with van der Waals surface area (Å²) in [5.41, 5.74) is -0.670. The predicted octanol–water partition coefficient (Wildman–Crippen LogP) is 3.09. The first-order chi connectivity index (χ1) is 12.7. The van der Waals surface area contributed by atoms with Crippen LogP contribution in [-0.4, -0.2) is 47.1 Å². The molecule has 0 aromatic heterocycles. The normalized spacial score (nSPS) is 12.7. The number of unbranched alkanes of at least 4 members (excludes halogenated alkanes) is 6. The molecule has 0 spiro atoms. The van der Waals surface area contributed by atoms with Gasteiger partial charge < -0.3 is 19.7 Å². The number of ether oxygens (including phenoxy) is 2. The Balaban J connectivity index is 5.11. The maximum absolute atomic E-state index is 12.4. The summed E-state index contributed by atoms with van der Waals surface area (Å²) in [7, 11) is 1.04. The van der Waals surface area contributed by atoms with Gasteiger partial charge in [-0.3, -0.25) is 14.4 Å². The van der Waals surface area contributed by atoms with Gasteiger partial charge in [-0.15, -0.1) is 0 Å². The van der Waals surface area contributed by atoms with Gasteiger partial charge in [-0.1, -0.05) is 45.4 Å². The molecule has 0 aliphatic heterocycles. The molecule has 1 atom stereocenters. The molecule has 2 N–H and O–H groups in total. The Morgan fingerprint density at radius 2 is 1.48 bits per heavy atom. The van der Waals surface area contributed by atoms with E-state index in [1.165, 1.54) is 6.42 Å². The highest BCUT2D eigenvalue weighted by Crippen LogP contribution is 2.19. The summed E-state index contributed by atoms with van der Waals surface area (Å²) < 4.78 is 9.26. The van der Waals surface area contributed by atoms with Crippen molar-refractivity contribution in [1.29, 1.82) is 0 Å². The molecule has 0 aliphatic rings. The molecule has 0 aromatic carbocycles. The number of aliphatic hydroxyl groups excluding tert-OH is 1. The summed E-state index contributed by atoms with van der Waals surface area (Å²) in [6.45, 7) is 3.15. The maximum atomic E-state index is 12.4. The number of carboxylic acid groups (broad SMARTS) is 1. The third kappa shape index (κ3) is 10.4. The van der Waals surface area contributed by atoms with Crippen LogP contribution < -0.4 is 0 Å². The largest absolute Gasteiger partial charge is 0.507 e. The Labute approximate surface area is 159 Å². The van der Waals surface area contributed by atoms with Crippen LogP contribution in [0.4, 0.5) is 0 Å². The molecule has 1 unspecified atom stereocenters. The van der Waals surface area contributed by atoms with E-state index in [1.54, 1.807) is 0 Å². The van der Waals surface area contributed by atoms with Crippen molar-refractivity contribution in [1.82, 2.24) is 0 Å². The molecule has 0 bridgehead atoms. The second kappa shape index (κ2) is 13.8. The Kier molecular flexibility index (Phi) is 12.6. The Morgan fingerprint density at radius 3 is 1.96 bits per heavy atom. The van der Waals surface area contributed by atoms with Crippen molar-refractivity contribution in [3.63, 3.8) is 0 Å². The van der Waals surface area contributed by atoms with E-state index in [4.69, 9.17) is 9.84 Å². The van der Waals surface area contributed by atoms with Gasteiger partial charge in [0, 0.05) is 13.3 Å². The number of rotatable bonds is 14. The zero-order valence-corrected chi connectivity index (χ0v) is 16.3. The number of esters is 2. The molecular weight excluding hydrogens is 356 g/mol. The molecule has 154 valence electrons. The number of carbonyl (C=O) groups excluding carboxylic acids is 3. The number of ketones is 1. The highest BCUT2D eigenvalue weighted by Gasteiger charge is 2.31. The minimum absolute atomic E-state index is 0.00212. The van der Waals surface area contributed by atoms with Crippen LogP contribution in [0.3, 0.4) is 0 Å². The Bertz CT molecular complexity index is 534. The van der Waals surface area contributed by atoms with Crippen molar-refractivity contribution in [3.05, 3.63) is 11.3 Å². The van der Waals surface area contributed by atoms with Crippen LogP contribution in [0.25, 0.3) is 0 Å². The lowest BCUT2D eigenvalue weighted by molar-refractivity contribution is -0.151. The lowest BCUT2D eigenvalue weighted by atomic mass is 10.00. The fraction of sp³-hybridized carbons (Fsp3) is 0.684. The number of carbonyl (C=O) groups is 4. The minimum Gasteiger partial charge on any atom is -0.507 e. The van der Waals surface area contributed by atoms with Crippen LogP contribution in [0.5, 0.6) is 0 Å². The molecule has 8 heteroatoms. The number of hydrogen-bond acceptors (Lipinski definition) is 7. The van der Waals surface area contributed by atoms with Crippen LogP contribution in [0.15, 0.2) is 11.3 Å². The average molecular weight is 386 g/mol. The molecular formula is C19H30O8. The molecule has 0 aliphatic carbocycles. The third-order valence-electron chi connectivity index (χ3n) is 3.91. The summed E-state index contributed by atoms with van der Waals surface area (Å²) in [5.74, 6) is -4.88. The fourth-order valence-electron chi connectivity index (χ4n) is 2.55. The van der Waals surface area contributed by atoms with E-state index in [9.17, 15) is 24.3 Å². The molecule has 0 amide bonds. The Hall–Kier alpha value is -2.38. The fourth-order valence-corrected chi connectivity index (χ4v) is 2.55. The van der Waals surface area contributed by atoms with E-state index >= 15 is 0 Å². The topological polar surface area (TPSA) is 127 Å². The van der Waals surface area contributed by atoms with Gasteiger partial charge in [0.15, 0.2) is 17.6 Å². The van der Waals surface area contributed by atoms with E-state index in [0.29, 0.717) is 6.42 Å². The van der Waals surface area contributed by atoms with E-state index < -0.39 is 47.5 Å². The molecule has 0 heterocycles. The summed E-state index contributed by atoms with van der Waals surface area (Å²) >= 11 is 0. The highest BCUT2D eigenvalue weighted by atomic mass is 16.6. The van der Waals surface area contributed by atoms with Crippen molar-refractivity contribution in [3.8, 4) is 0 Å². The van der Waals surface area contributed by atoms with Gasteiger partial charge in [-0.05, 0) is 6.42 Å². The number of aliphatic hydroxyl groups is 1. The summed E-state index contributed by atoms with van der Waals surface area (Å²) in [6.07, 6.45) is 4.39. The second-order valence-electron chi connectivity index (χ2n) is 6.24. The van der Waals surface area contributed by atoms with Gasteiger partial charge in [0.2, 0.25) is 0 Å². The van der Waals surface area contributed by atoms with Gasteiger partial charge in [-0.2, -0.15) is 0 Å². The van der Waals surface area contributed by atoms with E-state index in [2.05, 4.69) is 11.7 Å². The van der Waals surface area contributed by atoms with Crippen LogP contribution in [0.2, 0.25) is 0 Å². The number of methoxy groups -OCH3 is 1. The van der Waals surface area contributed by atoms with Crippen molar-refractivity contribution in [2.24, 2.45) is 0 Å². The van der Waals surface area contributed by atoms with Crippen molar-refractivity contribution in [2.45, 2.75) is 77.7 Å². The first kappa shape index (κ1) is 24.6. The molecule has 27 heavy (non-hydrogen) atoms. The van der Waals surface area contributed by atoms with Crippen LogP contribution in [-0.2, 0) is 28.7 Å². The summed E-state index contributed by atoms with van der Waals surface area (Å²) in [5, 5.41) is 19.2. The Morgan fingerprint density at radius 1 is 0.926 bits per heavy atom. The maximum Gasteiger partial charge on any atom is 0.345 e. The van der Waals surface area contributed by atoms with E-state index in [-0.39, 0.29) is 6.42 Å². The zero-order chi connectivity index (χ0) is 20.8. The second-order valence-corrected chi connectivity index (χ2v) is 6.24. The standard InChI is InChI=1S/C19H30O8/c1-4-5-6-7-8-9-10-11-14(21)17(19(25)26-3)18(24)15(12-16(22)23)27-13(2)20/h15,24H,4-12H2,1-3H3,(H,22,23)/b18-17-. The van der Waals surface area contributed by atoms with Crippen LogP contribution in [0.1, 0.15) is 71.6 Å². The van der Waals surface area contributed by atoms with Crippen LogP contribution >= 0.6 is 0 Å². The molecule has 0 radical (unpaired) electrons. The van der Waals surface area contributed by atoms with Gasteiger partial charge >= 0.3 is 17.9 Å². The number of aliphatic carboxylic acids is 1. The molecule has 0 saturated carbocycles. The average Bonchev–Trinajstić information content (AvgIpc) is 2.59. The SMILES string of the molecule is CCCCCCCCCC(=O)/C(C(=O)OC)=C(/O)C(CC(=O)O)OC(C)=O. The number of carboxylic acids is 1. The predicted molar refractivity (Wildman–Crippen MR) is 97.1 cm³/mol. The lowest BCUT2D eigenvalue weighted by Gasteiger charge is -2.17. The first-order valence-electron chi connectivity index (χ1n) is 9.18. The first-order valence-corrected chi connectivity index (χ1v) is 9.18. The summed E-state index contributed by atoms with van der Waals surface area (Å²) in [6, 6.07) is 0. The molecule has 8 nitrogen and oxygen atoms in total. The number of Topliss-reactive ketones (excluding diaryl/α,β-unsaturated/α-hetero) is 1. The lowest BCUT2D eigenvalue weighted by Crippen LogP contribution is -2.28. The summed E-state index contributed by atoms with van der Waals surface area (Å²) in [4.78, 5) is 46.4. The molecule has 0 rings (SSSR count). The smallest absolute Gasteiger partial charge is 0.345 e. The van der Waals surface area contributed by atoms with E-state index in [0.717, 1.165) is 46.1 Å². The van der Waals surface area contributed by atoms with Crippen molar-refractivity contribution < 1.29 is 38.9 Å². The third-order valence-corrected chi connectivity index (χ3v) is 3.91. The monoisotopic (exact) mass is 386 g/mol. The van der Waals surface area contributed by atoms with Crippen molar-refractivity contribution in [2.75, 3.05) is 7.11 Å². The zero-order valence-electron chi connectivity index (χ0n) is 16.3. The quantitative estimate of drug-likeness (QED) is 0.116. The highest BCUT2D eigenvalue weighted by molar-refractivity contribution is 6.17. The molecule has 0 saturated heterocycles. The van der Waals surface area contributed by atoms with Gasteiger partial charge in [0.25, 0.3) is 0 Å². The van der Waals surface area contributed by atoms with Crippen LogP contribution in [0, 0.1) is 0 Å². The molecule has 0 aromatic rings. The van der Waals surface area contributed by atoms with Gasteiger partial charge in [-0.25, -0.2) is 4.79 Å². The minimum atomic E-state index is -1.63. The van der Waals surface area contributed by atoms with E-state index in [1.807, 2.05) is 0 Å². The molecule has 0 fully saturated rings. The van der Waals surface area contributed by atoms with Crippen molar-refractivity contribution >= 4 is 23.7 Å². The van der Waals surface area contributed by atoms with Gasteiger partial charge in [0.1, 0.15) is 5.57 Å². The number of hydrogen-bond donors (Lipinski definition) is 2. The van der Waals surface area contributed by atoms with Gasteiger partial charge in [0.05, 0.1) is 13.5 Å².